The second-order valence-electron chi connectivity index (χ2n) is 7.22. The fourth-order valence-corrected chi connectivity index (χ4v) is 3.03. The summed E-state index contributed by atoms with van der Waals surface area (Å²) in [6.45, 7) is 3.75. The van der Waals surface area contributed by atoms with Crippen LogP contribution < -0.4 is 10.6 Å². The summed E-state index contributed by atoms with van der Waals surface area (Å²) >= 11 is 0. The number of benzene rings is 1. The van der Waals surface area contributed by atoms with E-state index in [2.05, 4.69) is 27.5 Å². The molecule has 2 heterocycles. The lowest BCUT2D eigenvalue weighted by atomic mass is 10.1. The molecule has 1 aromatic carbocycles. The lowest BCUT2D eigenvalue weighted by Crippen LogP contribution is -2.24. The highest BCUT2D eigenvalue weighted by atomic mass is 19.1. The van der Waals surface area contributed by atoms with Crippen LogP contribution in [0, 0.1) is 24.1 Å². The third-order valence-electron chi connectivity index (χ3n) is 4.93. The normalized spacial score (nSPS) is 14.5. The van der Waals surface area contributed by atoms with Gasteiger partial charge in [-0.05, 0) is 38.8 Å². The molecule has 142 valence electrons. The second kappa shape index (κ2) is 6.60. The van der Waals surface area contributed by atoms with Gasteiger partial charge in [0.05, 0.1) is 22.6 Å². The third-order valence-corrected chi connectivity index (χ3v) is 4.93. The number of amides is 1. The van der Waals surface area contributed by atoms with E-state index in [-0.39, 0.29) is 23.2 Å². The molecule has 28 heavy (non-hydrogen) atoms. The summed E-state index contributed by atoms with van der Waals surface area (Å²) in [5, 5.41) is 15.4. The minimum absolute atomic E-state index is 0.0172. The Hall–Kier alpha value is -3.47. The molecule has 2 N–H and O–H groups in total. The van der Waals surface area contributed by atoms with Crippen LogP contribution in [0.3, 0.4) is 0 Å². The number of nitrogens with one attached hydrogen (secondary N) is 2. The first kappa shape index (κ1) is 17.9. The Balaban J connectivity index is 1.62. The highest BCUT2D eigenvalue weighted by Crippen LogP contribution is 2.40. The predicted molar refractivity (Wildman–Crippen MR) is 100 cm³/mol. The molecule has 1 aliphatic rings. The molecular weight excluding hydrogens is 361 g/mol. The molecule has 2 aromatic heterocycles. The number of aryl methyl sites for hydroxylation is 1. The van der Waals surface area contributed by atoms with Crippen LogP contribution in [0.25, 0.3) is 11.1 Å². The van der Waals surface area contributed by atoms with Crippen LogP contribution in [0.2, 0.25) is 0 Å². The first-order chi connectivity index (χ1) is 13.4. The Morgan fingerprint density at radius 3 is 2.86 bits per heavy atom. The standard InChI is InChI=1S/C20H18FN5O2/c1-11-15(18(27)23-9-13-4-3-12(8-22)7-14(13)21)16-17(26-20(2)5-6-20)24-10-25-19(16)28-11/h3-4,7,10H,5-6,9H2,1-2H3,(H,23,27)(H,24,25,26). The van der Waals surface area contributed by atoms with Crippen LogP contribution in [0.5, 0.6) is 0 Å². The van der Waals surface area contributed by atoms with Crippen LogP contribution in [0.1, 0.15) is 47.0 Å². The molecule has 0 radical (unpaired) electrons. The van der Waals surface area contributed by atoms with Crippen molar-refractivity contribution in [2.45, 2.75) is 38.8 Å². The van der Waals surface area contributed by atoms with Crippen molar-refractivity contribution in [3.8, 4) is 6.07 Å². The lowest BCUT2D eigenvalue weighted by Gasteiger charge is -2.13. The molecule has 1 amide bonds. The minimum atomic E-state index is -0.541. The van der Waals surface area contributed by atoms with Crippen molar-refractivity contribution >= 4 is 22.8 Å². The molecule has 0 aliphatic heterocycles. The van der Waals surface area contributed by atoms with Gasteiger partial charge in [-0.1, -0.05) is 6.07 Å². The summed E-state index contributed by atoms with van der Waals surface area (Å²) in [6, 6.07) is 6.02. The van der Waals surface area contributed by atoms with E-state index in [0.29, 0.717) is 28.2 Å². The number of carbonyl (C=O) groups excluding carboxylic acids is 1. The van der Waals surface area contributed by atoms with E-state index in [9.17, 15) is 9.18 Å². The maximum absolute atomic E-state index is 14.1. The third kappa shape index (κ3) is 3.27. The second-order valence-corrected chi connectivity index (χ2v) is 7.22. The summed E-state index contributed by atoms with van der Waals surface area (Å²) in [5.41, 5.74) is 1.14. The number of aromatic nitrogens is 2. The number of halogens is 1. The molecule has 0 unspecified atom stereocenters. The zero-order valence-electron chi connectivity index (χ0n) is 15.5. The van der Waals surface area contributed by atoms with Gasteiger partial charge in [-0.2, -0.15) is 5.26 Å². The Kier molecular flexibility index (Phi) is 4.23. The van der Waals surface area contributed by atoms with Gasteiger partial charge in [-0.25, -0.2) is 14.4 Å². The molecule has 0 saturated heterocycles. The summed E-state index contributed by atoms with van der Waals surface area (Å²) < 4.78 is 19.7. The van der Waals surface area contributed by atoms with E-state index in [1.165, 1.54) is 18.5 Å². The maximum Gasteiger partial charge on any atom is 0.255 e. The number of furan rings is 1. The van der Waals surface area contributed by atoms with E-state index in [1.54, 1.807) is 6.92 Å². The van der Waals surface area contributed by atoms with Gasteiger partial charge < -0.3 is 15.1 Å². The van der Waals surface area contributed by atoms with Gasteiger partial charge in [-0.15, -0.1) is 0 Å². The molecule has 8 heteroatoms. The van der Waals surface area contributed by atoms with E-state index < -0.39 is 11.7 Å². The van der Waals surface area contributed by atoms with Crippen molar-refractivity contribution in [3.63, 3.8) is 0 Å². The number of fused-ring (bicyclic) bond motifs is 1. The zero-order chi connectivity index (χ0) is 19.9. The summed E-state index contributed by atoms with van der Waals surface area (Å²) in [4.78, 5) is 21.3. The lowest BCUT2D eigenvalue weighted by molar-refractivity contribution is 0.0950. The smallest absolute Gasteiger partial charge is 0.255 e. The van der Waals surface area contributed by atoms with Crippen molar-refractivity contribution in [1.82, 2.24) is 15.3 Å². The molecule has 4 rings (SSSR count). The Labute approximate surface area is 160 Å². The van der Waals surface area contributed by atoms with Gasteiger partial charge in [0.15, 0.2) is 0 Å². The van der Waals surface area contributed by atoms with Gasteiger partial charge in [0.1, 0.15) is 23.7 Å². The van der Waals surface area contributed by atoms with E-state index in [4.69, 9.17) is 9.68 Å². The highest BCUT2D eigenvalue weighted by Gasteiger charge is 2.38. The number of hydrogen-bond acceptors (Lipinski definition) is 6. The van der Waals surface area contributed by atoms with Crippen molar-refractivity contribution in [2.75, 3.05) is 5.32 Å². The van der Waals surface area contributed by atoms with Gasteiger partial charge in [0.2, 0.25) is 5.71 Å². The molecule has 7 nitrogen and oxygen atoms in total. The summed E-state index contributed by atoms with van der Waals surface area (Å²) in [7, 11) is 0. The minimum Gasteiger partial charge on any atom is -0.442 e. The number of nitrogens with zero attached hydrogens (tertiary/aromatic N) is 3. The number of hydrogen-bond donors (Lipinski definition) is 2. The predicted octanol–water partition coefficient (Wildman–Crippen LogP) is 3.44. The molecule has 0 spiro atoms. The average Bonchev–Trinajstić information content (AvgIpc) is 3.28. The van der Waals surface area contributed by atoms with Gasteiger partial charge in [-0.3, -0.25) is 4.79 Å². The number of nitriles is 1. The van der Waals surface area contributed by atoms with Gasteiger partial charge in [0, 0.05) is 17.6 Å². The highest BCUT2D eigenvalue weighted by molar-refractivity contribution is 6.10. The zero-order valence-corrected chi connectivity index (χ0v) is 15.5. The molecule has 0 bridgehead atoms. The maximum atomic E-state index is 14.1. The van der Waals surface area contributed by atoms with Crippen molar-refractivity contribution in [2.24, 2.45) is 0 Å². The SMILES string of the molecule is Cc1oc2ncnc(NC3(C)CC3)c2c1C(=O)NCc1ccc(C#N)cc1F. The quantitative estimate of drug-likeness (QED) is 0.704. The average molecular weight is 379 g/mol. The van der Waals surface area contributed by atoms with Crippen molar-refractivity contribution in [1.29, 1.82) is 5.26 Å². The molecule has 1 aliphatic carbocycles. The number of anilines is 1. The Morgan fingerprint density at radius 1 is 1.39 bits per heavy atom. The van der Waals surface area contributed by atoms with Crippen molar-refractivity contribution in [3.05, 3.63) is 52.8 Å². The first-order valence-electron chi connectivity index (χ1n) is 8.89. The summed E-state index contributed by atoms with van der Waals surface area (Å²) in [6.07, 6.45) is 3.44. The Bertz CT molecular complexity index is 1130. The number of carbonyl (C=O) groups is 1. The van der Waals surface area contributed by atoms with Crippen LogP contribution in [0.4, 0.5) is 10.2 Å². The first-order valence-corrected chi connectivity index (χ1v) is 8.89. The molecular formula is C20H18FN5O2. The fraction of sp³-hybridized carbons (Fsp3) is 0.300. The van der Waals surface area contributed by atoms with E-state index >= 15 is 0 Å². The number of rotatable bonds is 5. The monoisotopic (exact) mass is 379 g/mol. The van der Waals surface area contributed by atoms with Gasteiger partial charge >= 0.3 is 0 Å². The molecule has 0 atom stereocenters. The topological polar surface area (TPSA) is 104 Å². The molecule has 1 saturated carbocycles. The van der Waals surface area contributed by atoms with E-state index in [0.717, 1.165) is 18.9 Å². The summed E-state index contributed by atoms with van der Waals surface area (Å²) in [5.74, 6) is 0.0214. The fourth-order valence-electron chi connectivity index (χ4n) is 3.03. The Morgan fingerprint density at radius 2 is 2.18 bits per heavy atom. The van der Waals surface area contributed by atoms with Crippen LogP contribution in [-0.2, 0) is 6.54 Å². The largest absolute Gasteiger partial charge is 0.442 e. The molecule has 3 aromatic rings. The molecule has 1 fully saturated rings. The van der Waals surface area contributed by atoms with E-state index in [1.807, 2.05) is 6.07 Å². The van der Waals surface area contributed by atoms with Crippen LogP contribution >= 0.6 is 0 Å². The van der Waals surface area contributed by atoms with Crippen LogP contribution in [-0.4, -0.2) is 21.4 Å². The van der Waals surface area contributed by atoms with Crippen molar-refractivity contribution < 1.29 is 13.6 Å². The van der Waals surface area contributed by atoms with Gasteiger partial charge in [0.25, 0.3) is 5.91 Å². The van der Waals surface area contributed by atoms with Crippen LogP contribution in [0.15, 0.2) is 28.9 Å².